The fourth-order valence-corrected chi connectivity index (χ4v) is 2.44. The van der Waals surface area contributed by atoms with Gasteiger partial charge >= 0.3 is 0 Å². The summed E-state index contributed by atoms with van der Waals surface area (Å²) in [4.78, 5) is 8.59. The number of anilines is 1. The molecule has 4 nitrogen and oxygen atoms in total. The third-order valence-corrected chi connectivity index (χ3v) is 3.55. The van der Waals surface area contributed by atoms with Gasteiger partial charge in [0, 0.05) is 6.20 Å². The Kier molecular flexibility index (Phi) is 4.30. The van der Waals surface area contributed by atoms with Gasteiger partial charge in [-0.25, -0.2) is 4.98 Å². The Morgan fingerprint density at radius 1 is 1.04 bits per heavy atom. The molecule has 0 aliphatic rings. The van der Waals surface area contributed by atoms with Gasteiger partial charge in [-0.1, -0.05) is 35.9 Å². The molecule has 3 aromatic rings. The highest BCUT2D eigenvalue weighted by Crippen LogP contribution is 2.25. The van der Waals surface area contributed by atoms with E-state index in [1.807, 2.05) is 36.4 Å². The van der Waals surface area contributed by atoms with Gasteiger partial charge in [0.2, 0.25) is 0 Å². The van der Waals surface area contributed by atoms with Crippen LogP contribution < -0.4 is 5.32 Å². The minimum atomic E-state index is -0.0779. The van der Waals surface area contributed by atoms with Crippen molar-refractivity contribution in [1.29, 1.82) is 5.26 Å². The minimum absolute atomic E-state index is 0.0779. The Bertz CT molecular complexity index is 820. The van der Waals surface area contributed by atoms with Crippen molar-refractivity contribution >= 4 is 5.69 Å². The maximum absolute atomic E-state index is 8.85. The first-order valence-electron chi connectivity index (χ1n) is 7.36. The van der Waals surface area contributed by atoms with E-state index in [-0.39, 0.29) is 6.04 Å². The van der Waals surface area contributed by atoms with Crippen molar-refractivity contribution in [3.8, 4) is 6.07 Å². The molecule has 0 saturated carbocycles. The molecule has 0 amide bonds. The number of pyridine rings is 2. The van der Waals surface area contributed by atoms with Crippen LogP contribution in [0.15, 0.2) is 67.0 Å². The first-order valence-corrected chi connectivity index (χ1v) is 7.36. The summed E-state index contributed by atoms with van der Waals surface area (Å²) in [7, 11) is 0. The van der Waals surface area contributed by atoms with Crippen LogP contribution >= 0.6 is 0 Å². The summed E-state index contributed by atoms with van der Waals surface area (Å²) >= 11 is 0. The van der Waals surface area contributed by atoms with Gasteiger partial charge in [0.15, 0.2) is 0 Å². The molecule has 0 bridgehead atoms. The zero-order chi connectivity index (χ0) is 16.1. The fourth-order valence-electron chi connectivity index (χ4n) is 2.44. The second-order valence-corrected chi connectivity index (χ2v) is 5.29. The molecule has 0 saturated heterocycles. The van der Waals surface area contributed by atoms with Crippen LogP contribution in [0, 0.1) is 18.3 Å². The van der Waals surface area contributed by atoms with Crippen molar-refractivity contribution in [2.75, 3.05) is 5.32 Å². The number of aromatic nitrogens is 2. The van der Waals surface area contributed by atoms with E-state index in [1.165, 1.54) is 5.56 Å². The standard InChI is InChI=1S/C19H16N4/c1-14-5-4-6-15(11-14)19(18-7-2-3-10-21-18)23-17-9-8-16(12-20)22-13-17/h2-11,13,19,23H,1H3. The lowest BCUT2D eigenvalue weighted by atomic mass is 10.0. The van der Waals surface area contributed by atoms with Crippen molar-refractivity contribution in [3.63, 3.8) is 0 Å². The number of nitriles is 1. The molecular weight excluding hydrogens is 284 g/mol. The lowest BCUT2D eigenvalue weighted by molar-refractivity contribution is 0.883. The minimum Gasteiger partial charge on any atom is -0.372 e. The van der Waals surface area contributed by atoms with Gasteiger partial charge in [0.05, 0.1) is 23.6 Å². The van der Waals surface area contributed by atoms with Crippen LogP contribution in [0.25, 0.3) is 0 Å². The molecule has 1 atom stereocenters. The topological polar surface area (TPSA) is 61.6 Å². The maximum atomic E-state index is 8.85. The van der Waals surface area contributed by atoms with Crippen molar-refractivity contribution in [2.45, 2.75) is 13.0 Å². The summed E-state index contributed by atoms with van der Waals surface area (Å²) in [6.45, 7) is 2.07. The van der Waals surface area contributed by atoms with E-state index in [9.17, 15) is 0 Å². The third-order valence-electron chi connectivity index (χ3n) is 3.55. The number of nitrogens with zero attached hydrogens (tertiary/aromatic N) is 3. The summed E-state index contributed by atoms with van der Waals surface area (Å²) in [5, 5.41) is 12.3. The average molecular weight is 300 g/mol. The van der Waals surface area contributed by atoms with Crippen LogP contribution in [0.1, 0.15) is 28.6 Å². The van der Waals surface area contributed by atoms with E-state index in [0.717, 1.165) is 16.9 Å². The normalized spacial score (nSPS) is 11.5. The van der Waals surface area contributed by atoms with Gasteiger partial charge in [-0.3, -0.25) is 4.98 Å². The molecule has 0 aliphatic carbocycles. The highest BCUT2D eigenvalue weighted by atomic mass is 15.0. The molecule has 1 unspecified atom stereocenters. The van der Waals surface area contributed by atoms with Crippen LogP contribution in [0.4, 0.5) is 5.69 Å². The highest BCUT2D eigenvalue weighted by Gasteiger charge is 2.15. The number of nitrogens with one attached hydrogen (secondary N) is 1. The Morgan fingerprint density at radius 3 is 2.61 bits per heavy atom. The quantitative estimate of drug-likeness (QED) is 0.794. The van der Waals surface area contributed by atoms with Gasteiger partial charge in [0.25, 0.3) is 0 Å². The Balaban J connectivity index is 1.96. The van der Waals surface area contributed by atoms with E-state index < -0.39 is 0 Å². The molecule has 0 fully saturated rings. The van der Waals surface area contributed by atoms with Gasteiger partial charge < -0.3 is 5.32 Å². The zero-order valence-corrected chi connectivity index (χ0v) is 12.8. The number of hydrogen-bond donors (Lipinski definition) is 1. The largest absolute Gasteiger partial charge is 0.372 e. The second-order valence-electron chi connectivity index (χ2n) is 5.29. The molecule has 1 N–H and O–H groups in total. The van der Waals surface area contributed by atoms with Gasteiger partial charge in [-0.2, -0.15) is 5.26 Å². The molecule has 4 heteroatoms. The maximum Gasteiger partial charge on any atom is 0.140 e. The molecule has 0 aliphatic heterocycles. The van der Waals surface area contributed by atoms with E-state index in [0.29, 0.717) is 5.69 Å². The lowest BCUT2D eigenvalue weighted by Gasteiger charge is -2.20. The van der Waals surface area contributed by atoms with E-state index >= 15 is 0 Å². The SMILES string of the molecule is Cc1cccc(C(Nc2ccc(C#N)nc2)c2ccccn2)c1. The summed E-state index contributed by atoms with van der Waals surface area (Å²) in [6, 6.07) is 19.7. The Hall–Kier alpha value is -3.19. The van der Waals surface area contributed by atoms with Crippen LogP contribution in [0.2, 0.25) is 0 Å². The fraction of sp³-hybridized carbons (Fsp3) is 0.105. The van der Waals surface area contributed by atoms with Crippen LogP contribution in [-0.4, -0.2) is 9.97 Å². The van der Waals surface area contributed by atoms with E-state index in [1.54, 1.807) is 18.5 Å². The zero-order valence-electron chi connectivity index (χ0n) is 12.8. The number of hydrogen-bond acceptors (Lipinski definition) is 4. The molecule has 0 spiro atoms. The predicted octanol–water partition coefficient (Wildman–Crippen LogP) is 3.86. The van der Waals surface area contributed by atoms with Crippen molar-refractivity contribution < 1.29 is 0 Å². The van der Waals surface area contributed by atoms with Crippen LogP contribution in [0.3, 0.4) is 0 Å². The molecule has 0 radical (unpaired) electrons. The van der Waals surface area contributed by atoms with Crippen molar-refractivity contribution in [2.24, 2.45) is 0 Å². The summed E-state index contributed by atoms with van der Waals surface area (Å²) in [5.41, 5.74) is 4.51. The lowest BCUT2D eigenvalue weighted by Crippen LogP contribution is -2.14. The number of benzene rings is 1. The molecule has 2 aromatic heterocycles. The van der Waals surface area contributed by atoms with Crippen LogP contribution in [0.5, 0.6) is 0 Å². The third kappa shape index (κ3) is 3.53. The second kappa shape index (κ2) is 6.71. The van der Waals surface area contributed by atoms with Gasteiger partial charge in [0.1, 0.15) is 11.8 Å². The molecule has 112 valence electrons. The molecule has 1 aromatic carbocycles. The first-order chi connectivity index (χ1) is 11.3. The van der Waals surface area contributed by atoms with Gasteiger partial charge in [-0.15, -0.1) is 0 Å². The monoisotopic (exact) mass is 300 g/mol. The first kappa shape index (κ1) is 14.7. The smallest absolute Gasteiger partial charge is 0.140 e. The molecule has 3 rings (SSSR count). The number of aryl methyl sites for hydroxylation is 1. The molecule has 2 heterocycles. The summed E-state index contributed by atoms with van der Waals surface area (Å²) in [6.07, 6.45) is 3.46. The summed E-state index contributed by atoms with van der Waals surface area (Å²) in [5.74, 6) is 0. The highest BCUT2D eigenvalue weighted by molar-refractivity contribution is 5.48. The molecule has 23 heavy (non-hydrogen) atoms. The van der Waals surface area contributed by atoms with Crippen molar-refractivity contribution in [1.82, 2.24) is 9.97 Å². The van der Waals surface area contributed by atoms with E-state index in [4.69, 9.17) is 5.26 Å². The Morgan fingerprint density at radius 2 is 1.96 bits per heavy atom. The molecular formula is C19H16N4. The van der Waals surface area contributed by atoms with Gasteiger partial charge in [-0.05, 0) is 36.8 Å². The average Bonchev–Trinajstić information content (AvgIpc) is 2.61. The predicted molar refractivity (Wildman–Crippen MR) is 89.8 cm³/mol. The summed E-state index contributed by atoms with van der Waals surface area (Å²) < 4.78 is 0. The van der Waals surface area contributed by atoms with E-state index in [2.05, 4.69) is 40.4 Å². The number of rotatable bonds is 4. The van der Waals surface area contributed by atoms with Crippen LogP contribution in [-0.2, 0) is 0 Å². The van der Waals surface area contributed by atoms with Crippen molar-refractivity contribution in [3.05, 3.63) is 89.5 Å². The Labute approximate surface area is 135 Å².